The third kappa shape index (κ3) is 3.73. The summed E-state index contributed by atoms with van der Waals surface area (Å²) in [5.41, 5.74) is 0.0916. The van der Waals surface area contributed by atoms with Gasteiger partial charge >= 0.3 is 0 Å². The molecular weight excluding hydrogens is 396 g/mol. The quantitative estimate of drug-likeness (QED) is 0.737. The van der Waals surface area contributed by atoms with Crippen molar-refractivity contribution in [2.45, 2.75) is 32.1 Å². The number of amides is 1. The first kappa shape index (κ1) is 19.5. The van der Waals surface area contributed by atoms with Gasteiger partial charge < -0.3 is 9.64 Å². The number of amidine groups is 1. The summed E-state index contributed by atoms with van der Waals surface area (Å²) in [5, 5.41) is 0.796. The van der Waals surface area contributed by atoms with Crippen molar-refractivity contribution >= 4 is 50.0 Å². The van der Waals surface area contributed by atoms with Crippen molar-refractivity contribution in [2.24, 2.45) is 10.4 Å². The van der Waals surface area contributed by atoms with Crippen LogP contribution in [0, 0.1) is 5.41 Å². The Bertz CT molecular complexity index is 877. The average Bonchev–Trinajstić information content (AvgIpc) is 2.97. The third-order valence-corrected chi connectivity index (χ3v) is 7.82. The van der Waals surface area contributed by atoms with Gasteiger partial charge in [-0.25, -0.2) is 8.42 Å². The summed E-state index contributed by atoms with van der Waals surface area (Å²) in [6.45, 7) is 5.41. The third-order valence-electron chi connectivity index (χ3n) is 4.32. The maximum absolute atomic E-state index is 12.4. The molecule has 26 heavy (non-hydrogen) atoms. The average molecular weight is 417 g/mol. The number of hydrogen-bond donors (Lipinski definition) is 0. The van der Waals surface area contributed by atoms with Crippen molar-refractivity contribution in [3.8, 4) is 5.75 Å². The fourth-order valence-electron chi connectivity index (χ4n) is 2.93. The smallest absolute Gasteiger partial charge is 0.253 e. The lowest BCUT2D eigenvalue weighted by Crippen LogP contribution is -2.38. The van der Waals surface area contributed by atoms with E-state index in [-0.39, 0.29) is 28.7 Å². The molecule has 3 rings (SSSR count). The molecular formula is C17H21ClN2O4S2. The van der Waals surface area contributed by atoms with Gasteiger partial charge in [0.2, 0.25) is 0 Å². The predicted octanol–water partition coefficient (Wildman–Crippen LogP) is 3.00. The highest BCUT2D eigenvalue weighted by Crippen LogP contribution is 2.42. The molecule has 1 aromatic rings. The van der Waals surface area contributed by atoms with Crippen molar-refractivity contribution in [1.29, 1.82) is 0 Å². The van der Waals surface area contributed by atoms with Crippen molar-refractivity contribution in [3.05, 3.63) is 23.2 Å². The minimum atomic E-state index is -3.11. The number of carbonyl (C=O) groups excluding carboxylic acids is 1. The SMILES string of the molecule is COc1ccc(N2C(=NC(=O)C(C)(C)C)S[C@@H]3CS(=O)(=O)C[C@H]32)cc1Cl. The van der Waals surface area contributed by atoms with Crippen molar-refractivity contribution < 1.29 is 17.9 Å². The van der Waals surface area contributed by atoms with Gasteiger partial charge in [0, 0.05) is 16.4 Å². The minimum absolute atomic E-state index is 0.0387. The van der Waals surface area contributed by atoms with Crippen LogP contribution in [0.15, 0.2) is 23.2 Å². The highest BCUT2D eigenvalue weighted by molar-refractivity contribution is 8.16. The standard InChI is InChI=1S/C17H21ClN2O4S2/c1-17(2,3)15(21)19-16-20(10-5-6-13(24-4)11(18)7-10)12-8-26(22,23)9-14(12)25-16/h5-7,12,14H,8-9H2,1-4H3/t12-,14-/m1/s1. The van der Waals surface area contributed by atoms with Crippen molar-refractivity contribution in [1.82, 2.24) is 0 Å². The molecule has 2 aliphatic rings. The fraction of sp³-hybridized carbons (Fsp3) is 0.529. The molecule has 0 bridgehead atoms. The molecule has 0 aromatic heterocycles. The number of rotatable bonds is 2. The van der Waals surface area contributed by atoms with Gasteiger partial charge in [-0.05, 0) is 18.2 Å². The number of anilines is 1. The lowest BCUT2D eigenvalue weighted by Gasteiger charge is -2.25. The second-order valence-corrected chi connectivity index (χ2v) is 11.2. The van der Waals surface area contributed by atoms with Gasteiger partial charge in [-0.2, -0.15) is 4.99 Å². The largest absolute Gasteiger partial charge is 0.495 e. The lowest BCUT2D eigenvalue weighted by molar-refractivity contribution is -0.124. The topological polar surface area (TPSA) is 76.0 Å². The Labute approximate surface area is 162 Å². The van der Waals surface area contributed by atoms with Crippen LogP contribution >= 0.6 is 23.4 Å². The molecule has 0 aliphatic carbocycles. The molecule has 0 N–H and O–H groups in total. The fourth-order valence-corrected chi connectivity index (χ4v) is 7.09. The lowest BCUT2D eigenvalue weighted by atomic mass is 9.96. The molecule has 0 spiro atoms. The number of nitrogens with zero attached hydrogens (tertiary/aromatic N) is 2. The summed E-state index contributed by atoms with van der Waals surface area (Å²) in [6, 6.07) is 4.98. The number of ether oxygens (including phenoxy) is 1. The monoisotopic (exact) mass is 416 g/mol. The number of halogens is 1. The number of aliphatic imine (C=N–C) groups is 1. The number of thioether (sulfide) groups is 1. The predicted molar refractivity (Wildman–Crippen MR) is 106 cm³/mol. The molecule has 1 aromatic carbocycles. The van der Waals surface area contributed by atoms with Gasteiger partial charge in [0.05, 0.1) is 29.7 Å². The summed E-state index contributed by atoms with van der Waals surface area (Å²) < 4.78 is 29.3. The molecule has 9 heteroatoms. The number of hydrogen-bond acceptors (Lipinski definition) is 5. The Kier molecular flexibility index (Phi) is 5.05. The van der Waals surface area contributed by atoms with Gasteiger partial charge in [0.15, 0.2) is 15.0 Å². The molecule has 2 fully saturated rings. The minimum Gasteiger partial charge on any atom is -0.495 e. The van der Waals surface area contributed by atoms with Crippen molar-refractivity contribution in [2.75, 3.05) is 23.5 Å². The number of carbonyl (C=O) groups is 1. The van der Waals surface area contributed by atoms with Gasteiger partial charge in [-0.15, -0.1) is 0 Å². The van der Waals surface area contributed by atoms with Crippen LogP contribution < -0.4 is 9.64 Å². The van der Waals surface area contributed by atoms with Crippen LogP contribution in [-0.2, 0) is 14.6 Å². The Hall–Kier alpha value is -1.25. The maximum atomic E-state index is 12.4. The zero-order valence-corrected chi connectivity index (χ0v) is 17.4. The molecule has 0 saturated carbocycles. The van der Waals surface area contributed by atoms with Crippen LogP contribution in [0.5, 0.6) is 5.75 Å². The van der Waals surface area contributed by atoms with E-state index >= 15 is 0 Å². The van der Waals surface area contributed by atoms with E-state index in [4.69, 9.17) is 16.3 Å². The van der Waals surface area contributed by atoms with Gasteiger partial charge in [-0.1, -0.05) is 44.1 Å². The molecule has 0 radical (unpaired) electrons. The second-order valence-electron chi connectivity index (χ2n) is 7.44. The Morgan fingerprint density at radius 2 is 2.04 bits per heavy atom. The first-order valence-electron chi connectivity index (χ1n) is 8.15. The molecule has 2 saturated heterocycles. The van der Waals surface area contributed by atoms with Gasteiger partial charge in [0.25, 0.3) is 5.91 Å². The van der Waals surface area contributed by atoms with Gasteiger partial charge in [-0.3, -0.25) is 4.79 Å². The Balaban J connectivity index is 2.04. The zero-order valence-electron chi connectivity index (χ0n) is 15.0. The van der Waals surface area contributed by atoms with Crippen LogP contribution in [-0.4, -0.2) is 49.4 Å². The van der Waals surface area contributed by atoms with Crippen LogP contribution in [0.4, 0.5) is 5.69 Å². The summed E-state index contributed by atoms with van der Waals surface area (Å²) in [5.74, 6) is 0.414. The van der Waals surface area contributed by atoms with Gasteiger partial charge in [0.1, 0.15) is 5.75 Å². The normalized spacial score (nSPS) is 26.2. The first-order valence-corrected chi connectivity index (χ1v) is 11.2. The van der Waals surface area contributed by atoms with Crippen molar-refractivity contribution in [3.63, 3.8) is 0 Å². The molecule has 0 unspecified atom stereocenters. The zero-order chi connectivity index (χ0) is 19.3. The molecule has 6 nitrogen and oxygen atoms in total. The second kappa shape index (κ2) is 6.73. The van der Waals surface area contributed by atoms with E-state index in [0.717, 1.165) is 0 Å². The van der Waals surface area contributed by atoms with Crippen LogP contribution in [0.25, 0.3) is 0 Å². The van der Waals surface area contributed by atoms with Crippen LogP contribution in [0.2, 0.25) is 5.02 Å². The van der Waals surface area contributed by atoms with E-state index < -0.39 is 15.3 Å². The number of methoxy groups -OCH3 is 1. The van der Waals surface area contributed by atoms with E-state index in [1.807, 2.05) is 4.90 Å². The number of fused-ring (bicyclic) bond motifs is 1. The number of sulfone groups is 1. The van der Waals surface area contributed by atoms with E-state index in [9.17, 15) is 13.2 Å². The van der Waals surface area contributed by atoms with Crippen LogP contribution in [0.1, 0.15) is 20.8 Å². The highest BCUT2D eigenvalue weighted by Gasteiger charge is 2.49. The first-order chi connectivity index (χ1) is 12.0. The maximum Gasteiger partial charge on any atom is 0.253 e. The Morgan fingerprint density at radius 1 is 1.35 bits per heavy atom. The van der Waals surface area contributed by atoms with E-state index in [0.29, 0.717) is 21.6 Å². The molecule has 1 amide bonds. The Morgan fingerprint density at radius 3 is 2.62 bits per heavy atom. The summed E-state index contributed by atoms with van der Waals surface area (Å²) in [4.78, 5) is 18.6. The molecule has 2 heterocycles. The summed E-state index contributed by atoms with van der Waals surface area (Å²) in [7, 11) is -1.58. The molecule has 2 atom stereocenters. The summed E-state index contributed by atoms with van der Waals surface area (Å²) in [6.07, 6.45) is 0. The molecule has 142 valence electrons. The van der Waals surface area contributed by atoms with E-state index in [1.165, 1.54) is 18.9 Å². The van der Waals surface area contributed by atoms with E-state index in [2.05, 4.69) is 4.99 Å². The van der Waals surface area contributed by atoms with Crippen LogP contribution in [0.3, 0.4) is 0 Å². The highest BCUT2D eigenvalue weighted by atomic mass is 35.5. The molecule has 2 aliphatic heterocycles. The van der Waals surface area contributed by atoms with E-state index in [1.54, 1.807) is 39.0 Å². The number of benzene rings is 1. The summed E-state index contributed by atoms with van der Waals surface area (Å²) >= 11 is 7.60.